The Morgan fingerprint density at radius 1 is 1.00 bits per heavy atom. The summed E-state index contributed by atoms with van der Waals surface area (Å²) >= 11 is 0.933. The Balaban J connectivity index is 2.18. The number of phenolic OH excluding ortho intramolecular Hbond substituents is 1. The molecular formula is C22H23NO5S2. The van der Waals surface area contributed by atoms with Crippen LogP contribution in [-0.2, 0) is 14.8 Å². The van der Waals surface area contributed by atoms with E-state index in [4.69, 9.17) is 5.11 Å². The maximum Gasteiger partial charge on any atom is 0.313 e. The molecule has 158 valence electrons. The van der Waals surface area contributed by atoms with Crippen molar-refractivity contribution in [2.45, 2.75) is 37.5 Å². The number of aryl methyl sites for hydroxylation is 2. The van der Waals surface area contributed by atoms with Crippen molar-refractivity contribution in [1.82, 2.24) is 0 Å². The standard InChI is InChI=1S/C22H23NO5S2/c1-12-9-13(2)15(4)22(14(12)3)30(27,28)23-18-10-19(29-11-20(24)25)21(26)17-8-6-5-7-16(17)18/h5-10,23,26H,11H2,1-4H3,(H,24,25). The van der Waals surface area contributed by atoms with E-state index in [1.54, 1.807) is 38.1 Å². The fraction of sp³-hybridized carbons (Fsp3) is 0.227. The topological polar surface area (TPSA) is 104 Å². The van der Waals surface area contributed by atoms with Gasteiger partial charge in [0.25, 0.3) is 10.0 Å². The Kier molecular flexibility index (Phi) is 6.01. The monoisotopic (exact) mass is 445 g/mol. The number of carboxylic acid groups (broad SMARTS) is 1. The van der Waals surface area contributed by atoms with E-state index in [0.717, 1.165) is 22.9 Å². The molecule has 0 aliphatic carbocycles. The first-order valence-electron chi connectivity index (χ1n) is 9.22. The van der Waals surface area contributed by atoms with E-state index in [1.165, 1.54) is 6.07 Å². The molecule has 0 radical (unpaired) electrons. The van der Waals surface area contributed by atoms with Gasteiger partial charge in [0.2, 0.25) is 0 Å². The summed E-state index contributed by atoms with van der Waals surface area (Å²) in [6, 6.07) is 10.3. The number of rotatable bonds is 6. The molecule has 0 saturated heterocycles. The lowest BCUT2D eigenvalue weighted by Gasteiger charge is -2.18. The lowest BCUT2D eigenvalue weighted by molar-refractivity contribution is -0.133. The highest BCUT2D eigenvalue weighted by atomic mass is 32.2. The van der Waals surface area contributed by atoms with Crippen molar-refractivity contribution in [3.05, 3.63) is 58.7 Å². The van der Waals surface area contributed by atoms with Crippen LogP contribution in [0.4, 0.5) is 5.69 Å². The van der Waals surface area contributed by atoms with Gasteiger partial charge in [-0.05, 0) is 56.0 Å². The van der Waals surface area contributed by atoms with Gasteiger partial charge in [-0.15, -0.1) is 11.8 Å². The first kappa shape index (κ1) is 22.0. The van der Waals surface area contributed by atoms with Crippen LogP contribution in [0.1, 0.15) is 22.3 Å². The summed E-state index contributed by atoms with van der Waals surface area (Å²) in [4.78, 5) is 11.5. The van der Waals surface area contributed by atoms with Crippen LogP contribution >= 0.6 is 11.8 Å². The van der Waals surface area contributed by atoms with Crippen LogP contribution in [0.3, 0.4) is 0 Å². The maximum absolute atomic E-state index is 13.4. The van der Waals surface area contributed by atoms with Gasteiger partial charge in [-0.2, -0.15) is 0 Å². The molecule has 0 atom stereocenters. The molecule has 30 heavy (non-hydrogen) atoms. The van der Waals surface area contributed by atoms with E-state index < -0.39 is 16.0 Å². The van der Waals surface area contributed by atoms with Gasteiger partial charge in [-0.25, -0.2) is 8.42 Å². The van der Waals surface area contributed by atoms with Crippen LogP contribution < -0.4 is 4.72 Å². The zero-order valence-corrected chi connectivity index (χ0v) is 18.7. The molecule has 6 nitrogen and oxygen atoms in total. The molecular weight excluding hydrogens is 422 g/mol. The minimum absolute atomic E-state index is 0.0708. The average Bonchev–Trinajstić information content (AvgIpc) is 2.67. The highest BCUT2D eigenvalue weighted by Crippen LogP contribution is 2.40. The highest BCUT2D eigenvalue weighted by Gasteiger charge is 2.24. The predicted octanol–water partition coefficient (Wildman–Crippen LogP) is 4.76. The summed E-state index contributed by atoms with van der Waals surface area (Å²) in [5, 5.41) is 20.5. The summed E-state index contributed by atoms with van der Waals surface area (Å²) in [6.45, 7) is 7.30. The molecule has 0 fully saturated rings. The number of aromatic hydroxyl groups is 1. The number of carboxylic acids is 1. The largest absolute Gasteiger partial charge is 0.506 e. The van der Waals surface area contributed by atoms with E-state index in [-0.39, 0.29) is 22.1 Å². The molecule has 3 aromatic carbocycles. The number of aliphatic carboxylic acids is 1. The smallest absolute Gasteiger partial charge is 0.313 e. The van der Waals surface area contributed by atoms with Gasteiger partial charge < -0.3 is 10.2 Å². The molecule has 3 rings (SSSR count). The van der Waals surface area contributed by atoms with Crippen molar-refractivity contribution >= 4 is 44.2 Å². The molecule has 0 amide bonds. The molecule has 0 bridgehead atoms. The van der Waals surface area contributed by atoms with Crippen molar-refractivity contribution < 1.29 is 23.4 Å². The first-order valence-corrected chi connectivity index (χ1v) is 11.7. The third-order valence-electron chi connectivity index (χ3n) is 5.14. The second-order valence-corrected chi connectivity index (χ2v) is 9.83. The number of benzene rings is 3. The lowest BCUT2D eigenvalue weighted by Crippen LogP contribution is -2.17. The molecule has 0 unspecified atom stereocenters. The molecule has 0 aliphatic rings. The van der Waals surface area contributed by atoms with Gasteiger partial charge in [0.1, 0.15) is 5.75 Å². The van der Waals surface area contributed by atoms with Crippen LogP contribution in [-0.4, -0.2) is 30.4 Å². The lowest BCUT2D eigenvalue weighted by atomic mass is 10.0. The van der Waals surface area contributed by atoms with Gasteiger partial charge in [-0.3, -0.25) is 9.52 Å². The second kappa shape index (κ2) is 8.20. The van der Waals surface area contributed by atoms with E-state index in [2.05, 4.69) is 4.72 Å². The van der Waals surface area contributed by atoms with Crippen LogP contribution in [0.15, 0.2) is 46.2 Å². The molecule has 0 aliphatic heterocycles. The Bertz CT molecular complexity index is 1240. The quantitative estimate of drug-likeness (QED) is 0.373. The Hall–Kier alpha value is -2.71. The Morgan fingerprint density at radius 3 is 2.13 bits per heavy atom. The first-order chi connectivity index (χ1) is 14.0. The number of thioether (sulfide) groups is 1. The van der Waals surface area contributed by atoms with Gasteiger partial charge in [0.15, 0.2) is 0 Å². The van der Waals surface area contributed by atoms with Crippen molar-refractivity contribution in [2.24, 2.45) is 0 Å². The van der Waals surface area contributed by atoms with Crippen LogP contribution in [0.5, 0.6) is 5.75 Å². The van der Waals surface area contributed by atoms with E-state index >= 15 is 0 Å². The summed E-state index contributed by atoms with van der Waals surface area (Å²) in [7, 11) is -3.93. The van der Waals surface area contributed by atoms with Crippen molar-refractivity contribution in [2.75, 3.05) is 10.5 Å². The summed E-state index contributed by atoms with van der Waals surface area (Å²) in [5.41, 5.74) is 3.40. The number of fused-ring (bicyclic) bond motifs is 1. The number of hydrogen-bond donors (Lipinski definition) is 3. The minimum Gasteiger partial charge on any atom is -0.506 e. The normalized spacial score (nSPS) is 11.6. The van der Waals surface area contributed by atoms with E-state index in [0.29, 0.717) is 26.8 Å². The number of sulfonamides is 1. The molecule has 0 saturated carbocycles. The predicted molar refractivity (Wildman–Crippen MR) is 120 cm³/mol. The van der Waals surface area contributed by atoms with Crippen LogP contribution in [0.25, 0.3) is 10.8 Å². The summed E-state index contributed by atoms with van der Waals surface area (Å²) in [6.07, 6.45) is 0. The minimum atomic E-state index is -3.93. The SMILES string of the molecule is Cc1cc(C)c(C)c(S(=O)(=O)Nc2cc(SCC(=O)O)c(O)c3ccccc23)c1C. The van der Waals surface area contributed by atoms with Crippen LogP contribution in [0, 0.1) is 27.7 Å². The van der Waals surface area contributed by atoms with Gasteiger partial charge in [0, 0.05) is 10.8 Å². The summed E-state index contributed by atoms with van der Waals surface area (Å²) < 4.78 is 29.4. The third kappa shape index (κ3) is 4.11. The number of carbonyl (C=O) groups is 1. The van der Waals surface area contributed by atoms with Crippen LogP contribution in [0.2, 0.25) is 0 Å². The third-order valence-corrected chi connectivity index (χ3v) is 7.79. The molecule has 0 spiro atoms. The Morgan fingerprint density at radius 2 is 1.57 bits per heavy atom. The molecule has 0 heterocycles. The average molecular weight is 446 g/mol. The molecule has 8 heteroatoms. The molecule has 3 N–H and O–H groups in total. The van der Waals surface area contributed by atoms with Gasteiger partial charge in [-0.1, -0.05) is 30.3 Å². The second-order valence-electron chi connectivity index (χ2n) is 7.19. The van der Waals surface area contributed by atoms with E-state index in [1.807, 2.05) is 19.9 Å². The fourth-order valence-electron chi connectivity index (χ4n) is 3.45. The number of phenols is 1. The van der Waals surface area contributed by atoms with Gasteiger partial charge in [0.05, 0.1) is 21.2 Å². The number of nitrogens with one attached hydrogen (secondary N) is 1. The zero-order chi connectivity index (χ0) is 22.2. The fourth-order valence-corrected chi connectivity index (χ4v) is 5.86. The zero-order valence-electron chi connectivity index (χ0n) is 17.1. The molecule has 3 aromatic rings. The Labute approximate surface area is 180 Å². The maximum atomic E-state index is 13.4. The van der Waals surface area contributed by atoms with Crippen molar-refractivity contribution in [3.8, 4) is 5.75 Å². The van der Waals surface area contributed by atoms with Crippen molar-refractivity contribution in [1.29, 1.82) is 0 Å². The highest BCUT2D eigenvalue weighted by molar-refractivity contribution is 8.00. The van der Waals surface area contributed by atoms with E-state index in [9.17, 15) is 18.3 Å². The summed E-state index contributed by atoms with van der Waals surface area (Å²) in [5.74, 6) is -1.36. The number of anilines is 1. The van der Waals surface area contributed by atoms with Crippen molar-refractivity contribution in [3.63, 3.8) is 0 Å². The number of hydrogen-bond acceptors (Lipinski definition) is 5. The molecule has 0 aromatic heterocycles. The van der Waals surface area contributed by atoms with Gasteiger partial charge >= 0.3 is 5.97 Å².